The minimum atomic E-state index is 0.517. The lowest BCUT2D eigenvalue weighted by Gasteiger charge is -2.29. The van der Waals surface area contributed by atoms with Crippen molar-refractivity contribution in [2.45, 2.75) is 99.0 Å². The third kappa shape index (κ3) is 13.6. The Labute approximate surface area is 141 Å². The van der Waals surface area contributed by atoms with E-state index in [0.717, 1.165) is 5.92 Å². The third-order valence-corrected chi connectivity index (χ3v) is 5.07. The maximum atomic E-state index is 3.59. The molecule has 0 atom stereocenters. The Balaban J connectivity index is 3.18. The molecular weight excluding hydrogens is 268 g/mol. The monoisotopic (exact) mass is 312 g/mol. The fourth-order valence-corrected chi connectivity index (χ4v) is 2.54. The van der Waals surface area contributed by atoms with E-state index in [2.05, 4.69) is 52.2 Å². The van der Waals surface area contributed by atoms with E-state index in [0.29, 0.717) is 11.5 Å². The molecule has 0 amide bonds. The van der Waals surface area contributed by atoms with Gasteiger partial charge in [-0.05, 0) is 56.7 Å². The van der Waals surface area contributed by atoms with E-state index in [9.17, 15) is 0 Å². The molecule has 0 saturated heterocycles. The molecule has 2 nitrogen and oxygen atoms in total. The van der Waals surface area contributed by atoms with E-state index in [4.69, 9.17) is 0 Å². The Morgan fingerprint density at radius 2 is 1.18 bits per heavy atom. The molecule has 0 rings (SSSR count). The molecule has 0 aliphatic heterocycles. The van der Waals surface area contributed by atoms with Gasteiger partial charge in [-0.25, -0.2) is 0 Å². The Hall–Kier alpha value is -0.0800. The second kappa shape index (κ2) is 13.4. The minimum absolute atomic E-state index is 0.517. The molecule has 2 heteroatoms. The van der Waals surface area contributed by atoms with Gasteiger partial charge in [0.15, 0.2) is 0 Å². The zero-order valence-electron chi connectivity index (χ0n) is 16.4. The van der Waals surface area contributed by atoms with E-state index in [-0.39, 0.29) is 0 Å². The smallest absolute Gasteiger partial charge is 0.00103 e. The fourth-order valence-electron chi connectivity index (χ4n) is 2.54. The van der Waals surface area contributed by atoms with Crippen LogP contribution in [0, 0.1) is 11.3 Å². The van der Waals surface area contributed by atoms with Crippen LogP contribution in [0.3, 0.4) is 0 Å². The molecule has 22 heavy (non-hydrogen) atoms. The first kappa shape index (κ1) is 21.9. The molecule has 0 aromatic heterocycles. The SMILES string of the molecule is CC(C)NCCCCCNCCCCCCC(C)(C)C(C)C. The van der Waals surface area contributed by atoms with Gasteiger partial charge >= 0.3 is 0 Å². The van der Waals surface area contributed by atoms with Gasteiger partial charge in [0.1, 0.15) is 0 Å². The summed E-state index contributed by atoms with van der Waals surface area (Å²) in [5.41, 5.74) is 0.517. The quantitative estimate of drug-likeness (QED) is 0.397. The van der Waals surface area contributed by atoms with Gasteiger partial charge < -0.3 is 10.6 Å². The molecule has 0 aromatic rings. The van der Waals surface area contributed by atoms with Gasteiger partial charge in [0.25, 0.3) is 0 Å². The van der Waals surface area contributed by atoms with Gasteiger partial charge in [-0.1, -0.05) is 67.2 Å². The molecule has 0 bridgehead atoms. The molecule has 134 valence electrons. The first-order valence-corrected chi connectivity index (χ1v) is 9.80. The van der Waals surface area contributed by atoms with Gasteiger partial charge in [0, 0.05) is 6.04 Å². The van der Waals surface area contributed by atoms with Crippen LogP contribution in [-0.2, 0) is 0 Å². The summed E-state index contributed by atoms with van der Waals surface area (Å²) in [6, 6.07) is 0.629. The van der Waals surface area contributed by atoms with Gasteiger partial charge in [0.05, 0.1) is 0 Å². The molecule has 0 fully saturated rings. The van der Waals surface area contributed by atoms with Crippen LogP contribution >= 0.6 is 0 Å². The highest BCUT2D eigenvalue weighted by Crippen LogP contribution is 2.32. The summed E-state index contributed by atoms with van der Waals surface area (Å²) >= 11 is 0. The predicted octanol–water partition coefficient (Wildman–Crippen LogP) is 5.38. The van der Waals surface area contributed by atoms with Crippen molar-refractivity contribution in [1.82, 2.24) is 10.6 Å². The lowest BCUT2D eigenvalue weighted by Crippen LogP contribution is -2.23. The first-order chi connectivity index (χ1) is 10.4. The van der Waals surface area contributed by atoms with Crippen LogP contribution in [0.25, 0.3) is 0 Å². The zero-order chi connectivity index (χ0) is 16.8. The topological polar surface area (TPSA) is 24.1 Å². The van der Waals surface area contributed by atoms with Crippen molar-refractivity contribution >= 4 is 0 Å². The molecule has 0 aliphatic carbocycles. The van der Waals surface area contributed by atoms with E-state index in [1.807, 2.05) is 0 Å². The van der Waals surface area contributed by atoms with Crippen LogP contribution in [0.15, 0.2) is 0 Å². The highest BCUT2D eigenvalue weighted by molar-refractivity contribution is 4.72. The highest BCUT2D eigenvalue weighted by atomic mass is 14.9. The summed E-state index contributed by atoms with van der Waals surface area (Å²) in [7, 11) is 0. The van der Waals surface area contributed by atoms with Gasteiger partial charge in [-0.2, -0.15) is 0 Å². The molecule has 0 saturated carbocycles. The second-order valence-corrected chi connectivity index (χ2v) is 8.23. The maximum Gasteiger partial charge on any atom is 0.00103 e. The van der Waals surface area contributed by atoms with E-state index in [1.54, 1.807) is 0 Å². The average Bonchev–Trinajstić information content (AvgIpc) is 2.43. The maximum absolute atomic E-state index is 3.59. The van der Waals surface area contributed by atoms with Crippen molar-refractivity contribution < 1.29 is 0 Å². The van der Waals surface area contributed by atoms with Crippen molar-refractivity contribution in [1.29, 1.82) is 0 Å². The standard InChI is InChI=1S/C20H44N2/c1-18(2)20(5,6)14-10-7-8-11-15-21-16-12-9-13-17-22-19(3)4/h18-19,21-22H,7-17H2,1-6H3. The van der Waals surface area contributed by atoms with Crippen LogP contribution in [0.2, 0.25) is 0 Å². The predicted molar refractivity (Wildman–Crippen MR) is 102 cm³/mol. The molecular formula is C20H44N2. The van der Waals surface area contributed by atoms with Gasteiger partial charge in [-0.15, -0.1) is 0 Å². The summed E-state index contributed by atoms with van der Waals surface area (Å²) in [4.78, 5) is 0. The normalized spacial score (nSPS) is 12.5. The zero-order valence-corrected chi connectivity index (χ0v) is 16.4. The van der Waals surface area contributed by atoms with Crippen molar-refractivity contribution in [3.05, 3.63) is 0 Å². The van der Waals surface area contributed by atoms with Gasteiger partial charge in [0.2, 0.25) is 0 Å². The average molecular weight is 313 g/mol. The lowest BCUT2D eigenvalue weighted by molar-refractivity contribution is 0.221. The van der Waals surface area contributed by atoms with Crippen molar-refractivity contribution in [3.63, 3.8) is 0 Å². The summed E-state index contributed by atoms with van der Waals surface area (Å²) in [6.07, 6.45) is 10.9. The van der Waals surface area contributed by atoms with Crippen LogP contribution in [0.1, 0.15) is 92.9 Å². The number of hydrogen-bond acceptors (Lipinski definition) is 2. The van der Waals surface area contributed by atoms with Crippen LogP contribution < -0.4 is 10.6 Å². The molecule has 2 N–H and O–H groups in total. The van der Waals surface area contributed by atoms with Crippen LogP contribution in [0.4, 0.5) is 0 Å². The molecule has 0 radical (unpaired) electrons. The van der Waals surface area contributed by atoms with E-state index in [1.165, 1.54) is 71.0 Å². The second-order valence-electron chi connectivity index (χ2n) is 8.23. The number of nitrogens with one attached hydrogen (secondary N) is 2. The summed E-state index contributed by atoms with van der Waals surface area (Å²) in [6.45, 7) is 17.5. The Kier molecular flexibility index (Phi) is 13.3. The lowest BCUT2D eigenvalue weighted by atomic mass is 9.77. The highest BCUT2D eigenvalue weighted by Gasteiger charge is 2.20. The number of hydrogen-bond donors (Lipinski definition) is 2. The number of rotatable bonds is 15. The van der Waals surface area contributed by atoms with Gasteiger partial charge in [-0.3, -0.25) is 0 Å². The molecule has 0 aromatic carbocycles. The Morgan fingerprint density at radius 3 is 1.73 bits per heavy atom. The van der Waals surface area contributed by atoms with Crippen molar-refractivity contribution in [2.75, 3.05) is 19.6 Å². The van der Waals surface area contributed by atoms with E-state index < -0.39 is 0 Å². The number of unbranched alkanes of at least 4 members (excludes halogenated alkanes) is 5. The minimum Gasteiger partial charge on any atom is -0.317 e. The van der Waals surface area contributed by atoms with Crippen LogP contribution in [0.5, 0.6) is 0 Å². The largest absolute Gasteiger partial charge is 0.317 e. The first-order valence-electron chi connectivity index (χ1n) is 9.80. The molecule has 0 unspecified atom stereocenters. The molecule has 0 aliphatic rings. The van der Waals surface area contributed by atoms with Crippen LogP contribution in [-0.4, -0.2) is 25.7 Å². The van der Waals surface area contributed by atoms with Crippen molar-refractivity contribution in [2.24, 2.45) is 11.3 Å². The molecule has 0 spiro atoms. The van der Waals surface area contributed by atoms with E-state index >= 15 is 0 Å². The fraction of sp³-hybridized carbons (Fsp3) is 1.00. The Bertz CT molecular complexity index is 234. The summed E-state index contributed by atoms with van der Waals surface area (Å²) in [5.74, 6) is 0.796. The summed E-state index contributed by atoms with van der Waals surface area (Å²) < 4.78 is 0. The summed E-state index contributed by atoms with van der Waals surface area (Å²) in [5, 5.41) is 7.06. The Morgan fingerprint density at radius 1 is 0.682 bits per heavy atom. The molecule has 0 heterocycles. The third-order valence-electron chi connectivity index (χ3n) is 5.07. The van der Waals surface area contributed by atoms with Crippen molar-refractivity contribution in [3.8, 4) is 0 Å².